The molecule has 0 amide bonds. The van der Waals surface area contributed by atoms with E-state index in [4.69, 9.17) is 0 Å². The van der Waals surface area contributed by atoms with Crippen LogP contribution in [0.1, 0.15) is 36.1 Å². The van der Waals surface area contributed by atoms with Gasteiger partial charge in [0.05, 0.1) is 37.0 Å². The number of aromatic amines is 1. The van der Waals surface area contributed by atoms with Crippen LogP contribution >= 0.6 is 0 Å². The molecule has 2 aliphatic rings. The minimum Gasteiger partial charge on any atom is -0.365 e. The first-order valence-electron chi connectivity index (χ1n) is 11.7. The summed E-state index contributed by atoms with van der Waals surface area (Å²) in [5, 5.41) is 11.0. The van der Waals surface area contributed by atoms with Crippen LogP contribution in [0.4, 0.5) is 27.8 Å². The van der Waals surface area contributed by atoms with E-state index in [1.54, 1.807) is 31.3 Å². The van der Waals surface area contributed by atoms with E-state index >= 15 is 4.39 Å². The van der Waals surface area contributed by atoms with Crippen molar-refractivity contribution in [2.75, 3.05) is 38.2 Å². The zero-order chi connectivity index (χ0) is 24.7. The van der Waals surface area contributed by atoms with Gasteiger partial charge in [0.25, 0.3) is 0 Å². The quantitative estimate of drug-likeness (QED) is 0.376. The monoisotopic (exact) mass is 494 g/mol. The average molecular weight is 495 g/mol. The van der Waals surface area contributed by atoms with Gasteiger partial charge in [-0.1, -0.05) is 6.07 Å². The Kier molecular flexibility index (Phi) is 6.39. The minimum absolute atomic E-state index is 0.0684. The number of rotatable bonds is 7. The van der Waals surface area contributed by atoms with Crippen LogP contribution in [-0.4, -0.2) is 76.1 Å². The highest BCUT2D eigenvalue weighted by molar-refractivity contribution is 5.83. The van der Waals surface area contributed by atoms with Gasteiger partial charge in [-0.2, -0.15) is 22.7 Å². The number of benzene rings is 1. The van der Waals surface area contributed by atoms with Crippen molar-refractivity contribution < 1.29 is 22.0 Å². The summed E-state index contributed by atoms with van der Waals surface area (Å²) in [5.74, 6) is -0.466. The summed E-state index contributed by atoms with van der Waals surface area (Å²) in [6.07, 6.45) is -1.90. The molecular formula is C24H27F5N6. The maximum absolute atomic E-state index is 15.4. The van der Waals surface area contributed by atoms with Crippen molar-refractivity contribution in [1.29, 1.82) is 0 Å². The normalized spacial score (nSPS) is 21.8. The van der Waals surface area contributed by atoms with Crippen LogP contribution in [0.15, 0.2) is 30.5 Å². The average Bonchev–Trinajstić information content (AvgIpc) is 3.25. The Balaban J connectivity index is 1.45. The number of H-pyrrole nitrogens is 1. The molecule has 0 radical (unpaired) electrons. The zero-order valence-corrected chi connectivity index (χ0v) is 19.2. The van der Waals surface area contributed by atoms with Gasteiger partial charge < -0.3 is 5.32 Å². The summed E-state index contributed by atoms with van der Waals surface area (Å²) in [4.78, 5) is 7.45. The Morgan fingerprint density at radius 3 is 2.63 bits per heavy atom. The van der Waals surface area contributed by atoms with Crippen molar-refractivity contribution in [3.05, 3.63) is 53.1 Å². The zero-order valence-electron chi connectivity index (χ0n) is 19.2. The summed E-state index contributed by atoms with van der Waals surface area (Å²) in [5.41, 5.74) is 2.40. The molecule has 188 valence electrons. The lowest BCUT2D eigenvalue weighted by atomic mass is 9.84. The Morgan fingerprint density at radius 1 is 1.14 bits per heavy atom. The van der Waals surface area contributed by atoms with Gasteiger partial charge in [-0.25, -0.2) is 4.98 Å². The molecule has 35 heavy (non-hydrogen) atoms. The largest absolute Gasteiger partial charge is 0.401 e. The summed E-state index contributed by atoms with van der Waals surface area (Å²) in [6.45, 7) is 2.30. The second-order valence-corrected chi connectivity index (χ2v) is 9.43. The predicted octanol–water partition coefficient (Wildman–Crippen LogP) is 4.45. The first-order chi connectivity index (χ1) is 16.7. The Morgan fingerprint density at radius 2 is 1.91 bits per heavy atom. The number of anilines is 1. The summed E-state index contributed by atoms with van der Waals surface area (Å²) < 4.78 is 68.4. The fourth-order valence-electron chi connectivity index (χ4n) is 5.29. The van der Waals surface area contributed by atoms with E-state index in [2.05, 4.69) is 25.4 Å². The lowest BCUT2D eigenvalue weighted by Gasteiger charge is -2.42. The van der Waals surface area contributed by atoms with Gasteiger partial charge in [-0.05, 0) is 49.1 Å². The molecule has 5 rings (SSSR count). The van der Waals surface area contributed by atoms with Crippen molar-refractivity contribution in [1.82, 2.24) is 25.0 Å². The predicted molar refractivity (Wildman–Crippen MR) is 123 cm³/mol. The fourth-order valence-corrected chi connectivity index (χ4v) is 5.29. The number of fused-ring (bicyclic) bond motifs is 3. The highest BCUT2D eigenvalue weighted by Crippen LogP contribution is 2.42. The van der Waals surface area contributed by atoms with Gasteiger partial charge in [0.15, 0.2) is 0 Å². The van der Waals surface area contributed by atoms with Crippen LogP contribution in [0.2, 0.25) is 0 Å². The van der Waals surface area contributed by atoms with Crippen LogP contribution < -0.4 is 5.32 Å². The SMILES string of the molecule is C[C@@H]1Cc2c(ccc3[nH]ncc23)C(c2ccc(NC3CN(CCCF)C3)nc2F)N1CC(F)(F)F. The van der Waals surface area contributed by atoms with Crippen LogP contribution in [0.5, 0.6) is 0 Å². The summed E-state index contributed by atoms with van der Waals surface area (Å²) in [7, 11) is 0. The molecule has 3 aromatic rings. The van der Waals surface area contributed by atoms with E-state index in [1.165, 1.54) is 11.0 Å². The first-order valence-corrected chi connectivity index (χ1v) is 11.7. The molecule has 2 atom stereocenters. The van der Waals surface area contributed by atoms with E-state index < -0.39 is 30.8 Å². The standard InChI is InChI=1S/C24H27F5N6/c1-14-9-18-16(3-5-20-19(18)10-30-33-20)22(35(14)13-24(27,28)29)17-4-6-21(32-23(17)26)31-15-11-34(12-15)8-2-7-25/h3-6,10,14-15,22H,2,7-9,11-13H2,1H3,(H,30,33)(H,31,32)/t14-,22?/m1/s1. The molecule has 2 aliphatic heterocycles. The Hall–Kier alpha value is -2.79. The van der Waals surface area contributed by atoms with Crippen LogP contribution in [0.3, 0.4) is 0 Å². The lowest BCUT2D eigenvalue weighted by molar-refractivity contribution is -0.155. The molecule has 0 spiro atoms. The van der Waals surface area contributed by atoms with E-state index in [-0.39, 0.29) is 18.3 Å². The Bertz CT molecular complexity index is 1190. The van der Waals surface area contributed by atoms with Gasteiger partial charge >= 0.3 is 6.18 Å². The Labute approximate surface area is 199 Å². The van der Waals surface area contributed by atoms with Crippen molar-refractivity contribution in [2.45, 2.75) is 44.1 Å². The van der Waals surface area contributed by atoms with Crippen molar-refractivity contribution in [3.63, 3.8) is 0 Å². The number of alkyl halides is 4. The number of nitrogens with zero attached hydrogens (tertiary/aromatic N) is 4. The highest BCUT2D eigenvalue weighted by Gasteiger charge is 2.42. The number of likely N-dealkylation sites (tertiary alicyclic amines) is 1. The number of pyridine rings is 1. The first kappa shape index (κ1) is 23.9. The van der Waals surface area contributed by atoms with Crippen molar-refractivity contribution >= 4 is 16.7 Å². The second-order valence-electron chi connectivity index (χ2n) is 9.43. The molecule has 4 heterocycles. The second kappa shape index (κ2) is 9.34. The number of hydrogen-bond donors (Lipinski definition) is 2. The van der Waals surface area contributed by atoms with Gasteiger partial charge in [-0.15, -0.1) is 0 Å². The fraction of sp³-hybridized carbons (Fsp3) is 0.500. The van der Waals surface area contributed by atoms with Crippen molar-refractivity contribution in [2.24, 2.45) is 0 Å². The molecule has 1 saturated heterocycles. The van der Waals surface area contributed by atoms with E-state index in [9.17, 15) is 17.6 Å². The number of hydrogen-bond acceptors (Lipinski definition) is 5. The van der Waals surface area contributed by atoms with E-state index in [0.29, 0.717) is 43.9 Å². The molecule has 6 nitrogen and oxygen atoms in total. The molecule has 1 aromatic carbocycles. The van der Waals surface area contributed by atoms with Gasteiger partial charge in [0.1, 0.15) is 5.82 Å². The number of aromatic nitrogens is 3. The highest BCUT2D eigenvalue weighted by atomic mass is 19.4. The molecule has 2 N–H and O–H groups in total. The molecule has 1 unspecified atom stereocenters. The third-order valence-corrected chi connectivity index (χ3v) is 6.92. The number of halogens is 5. The molecule has 0 bridgehead atoms. The summed E-state index contributed by atoms with van der Waals surface area (Å²) in [6, 6.07) is 5.32. The van der Waals surface area contributed by atoms with E-state index in [0.717, 1.165) is 16.5 Å². The molecule has 1 fully saturated rings. The third-order valence-electron chi connectivity index (χ3n) is 6.92. The van der Waals surface area contributed by atoms with Gasteiger partial charge in [-0.3, -0.25) is 19.3 Å². The maximum atomic E-state index is 15.4. The molecule has 2 aromatic heterocycles. The molecular weight excluding hydrogens is 467 g/mol. The van der Waals surface area contributed by atoms with E-state index in [1.807, 2.05) is 0 Å². The third kappa shape index (κ3) is 4.84. The topological polar surface area (TPSA) is 60.1 Å². The smallest absolute Gasteiger partial charge is 0.365 e. The molecule has 0 aliphatic carbocycles. The maximum Gasteiger partial charge on any atom is 0.401 e. The summed E-state index contributed by atoms with van der Waals surface area (Å²) >= 11 is 0. The van der Waals surface area contributed by atoms with Crippen LogP contribution in [0.25, 0.3) is 10.9 Å². The van der Waals surface area contributed by atoms with Crippen LogP contribution in [0, 0.1) is 5.95 Å². The van der Waals surface area contributed by atoms with Crippen molar-refractivity contribution in [3.8, 4) is 0 Å². The van der Waals surface area contributed by atoms with Gasteiger partial charge in [0, 0.05) is 36.6 Å². The van der Waals surface area contributed by atoms with Gasteiger partial charge in [0.2, 0.25) is 5.95 Å². The molecule has 0 saturated carbocycles. The van der Waals surface area contributed by atoms with Crippen LogP contribution in [-0.2, 0) is 6.42 Å². The minimum atomic E-state index is -4.44. The lowest BCUT2D eigenvalue weighted by Crippen LogP contribution is -2.55. The number of nitrogens with one attached hydrogen (secondary N) is 2. The molecule has 11 heteroatoms.